The number of para-hydroxylation sites is 1. The van der Waals surface area contributed by atoms with E-state index in [2.05, 4.69) is 0 Å². The molecule has 0 fully saturated rings. The highest BCUT2D eigenvalue weighted by Crippen LogP contribution is 2.23. The number of hydrogen-bond acceptors (Lipinski definition) is 4. The minimum absolute atomic E-state index is 0.119. The van der Waals surface area contributed by atoms with Crippen LogP contribution in [-0.2, 0) is 11.2 Å². The van der Waals surface area contributed by atoms with Gasteiger partial charge in [0.2, 0.25) is 5.91 Å². The van der Waals surface area contributed by atoms with Gasteiger partial charge in [0, 0.05) is 11.6 Å². The van der Waals surface area contributed by atoms with Crippen molar-refractivity contribution >= 4 is 22.8 Å². The summed E-state index contributed by atoms with van der Waals surface area (Å²) in [7, 11) is 2.92. The van der Waals surface area contributed by atoms with Crippen LogP contribution in [0.5, 0.6) is 5.75 Å². The second-order valence-electron chi connectivity index (χ2n) is 5.34. The maximum absolute atomic E-state index is 12.7. The van der Waals surface area contributed by atoms with Gasteiger partial charge in [-0.25, -0.2) is 4.79 Å². The molecule has 24 heavy (non-hydrogen) atoms. The van der Waals surface area contributed by atoms with Crippen LogP contribution in [0.3, 0.4) is 0 Å². The molecule has 0 aliphatic carbocycles. The molecule has 1 heterocycles. The molecule has 122 valence electrons. The fourth-order valence-corrected chi connectivity index (χ4v) is 2.66. The number of ether oxygens (including phenoxy) is 2. The molecule has 2 aromatic carbocycles. The number of rotatable bonds is 4. The Morgan fingerprint density at radius 1 is 1.00 bits per heavy atom. The molecule has 0 aliphatic rings. The monoisotopic (exact) mass is 323 g/mol. The van der Waals surface area contributed by atoms with Crippen LogP contribution in [0.15, 0.2) is 54.7 Å². The number of carbonyl (C=O) groups excluding carboxylic acids is 2. The summed E-state index contributed by atoms with van der Waals surface area (Å²) in [5.74, 6) is 0.166. The van der Waals surface area contributed by atoms with Crippen molar-refractivity contribution in [2.24, 2.45) is 0 Å². The molecule has 0 bridgehead atoms. The minimum Gasteiger partial charge on any atom is -0.497 e. The lowest BCUT2D eigenvalue weighted by molar-refractivity contribution is 0.0603. The van der Waals surface area contributed by atoms with Crippen LogP contribution < -0.4 is 4.74 Å². The van der Waals surface area contributed by atoms with Gasteiger partial charge in [0.05, 0.1) is 31.7 Å². The maximum atomic E-state index is 12.7. The van der Waals surface area contributed by atoms with Crippen LogP contribution in [0.2, 0.25) is 0 Å². The summed E-state index contributed by atoms with van der Waals surface area (Å²) in [6.07, 6.45) is 1.77. The number of nitrogens with zero attached hydrogens (tertiary/aromatic N) is 1. The van der Waals surface area contributed by atoms with Crippen LogP contribution in [0.1, 0.15) is 20.7 Å². The predicted molar refractivity (Wildman–Crippen MR) is 90.6 cm³/mol. The maximum Gasteiger partial charge on any atom is 0.340 e. The van der Waals surface area contributed by atoms with Gasteiger partial charge < -0.3 is 9.47 Å². The molecule has 0 atom stereocenters. The zero-order chi connectivity index (χ0) is 17.1. The van der Waals surface area contributed by atoms with Crippen molar-refractivity contribution in [2.75, 3.05) is 14.2 Å². The van der Waals surface area contributed by atoms with Crippen LogP contribution in [0.4, 0.5) is 0 Å². The first-order valence-corrected chi connectivity index (χ1v) is 7.48. The zero-order valence-corrected chi connectivity index (χ0v) is 13.5. The summed E-state index contributed by atoms with van der Waals surface area (Å²) in [5, 5.41) is 0.701. The Bertz CT molecular complexity index is 893. The molecule has 5 heteroatoms. The Kier molecular flexibility index (Phi) is 4.33. The molecule has 5 nitrogen and oxygen atoms in total. The van der Waals surface area contributed by atoms with Crippen molar-refractivity contribution in [3.05, 3.63) is 65.9 Å². The lowest BCUT2D eigenvalue weighted by Crippen LogP contribution is -2.12. The standard InChI is InChI=1S/C19H17NO4/c1-23-14-9-7-13(8-10-14)11-18(21)20-12-16(19(22)24-2)15-5-3-4-6-17(15)20/h3-10,12H,11H2,1-2H3. The number of fused-ring (bicyclic) bond motifs is 1. The van der Waals surface area contributed by atoms with Crippen molar-refractivity contribution < 1.29 is 19.1 Å². The van der Waals surface area contributed by atoms with Crippen LogP contribution in [0.25, 0.3) is 10.9 Å². The summed E-state index contributed by atoms with van der Waals surface area (Å²) in [6, 6.07) is 14.6. The second kappa shape index (κ2) is 6.58. The highest BCUT2D eigenvalue weighted by molar-refractivity contribution is 6.07. The molecule has 1 aromatic heterocycles. The number of hydrogen-bond donors (Lipinski definition) is 0. The summed E-state index contributed by atoms with van der Waals surface area (Å²) >= 11 is 0. The molecule has 0 aliphatic heterocycles. The average Bonchev–Trinajstić information content (AvgIpc) is 3.01. The van der Waals surface area contributed by atoms with E-state index >= 15 is 0 Å². The fraction of sp³-hybridized carbons (Fsp3) is 0.158. The van der Waals surface area contributed by atoms with Gasteiger partial charge in [0.1, 0.15) is 5.75 Å². The molecule has 0 spiro atoms. The molecule has 0 radical (unpaired) electrons. The van der Waals surface area contributed by atoms with E-state index in [0.717, 1.165) is 11.3 Å². The summed E-state index contributed by atoms with van der Waals surface area (Å²) < 4.78 is 11.4. The Morgan fingerprint density at radius 3 is 2.38 bits per heavy atom. The second-order valence-corrected chi connectivity index (χ2v) is 5.34. The Morgan fingerprint density at radius 2 is 1.71 bits per heavy atom. The van der Waals surface area contributed by atoms with Gasteiger partial charge >= 0.3 is 5.97 Å². The van der Waals surface area contributed by atoms with E-state index in [1.54, 1.807) is 19.4 Å². The van der Waals surface area contributed by atoms with Gasteiger partial charge in [-0.05, 0) is 23.8 Å². The van der Waals surface area contributed by atoms with Crippen molar-refractivity contribution in [2.45, 2.75) is 6.42 Å². The molecular weight excluding hydrogens is 306 g/mol. The highest BCUT2D eigenvalue weighted by Gasteiger charge is 2.18. The van der Waals surface area contributed by atoms with Gasteiger partial charge in [0.25, 0.3) is 0 Å². The number of benzene rings is 2. The quantitative estimate of drug-likeness (QED) is 0.691. The van der Waals surface area contributed by atoms with Crippen molar-refractivity contribution in [1.29, 1.82) is 0 Å². The SMILES string of the molecule is COC(=O)c1cn(C(=O)Cc2ccc(OC)cc2)c2ccccc12. The number of methoxy groups -OCH3 is 2. The summed E-state index contributed by atoms with van der Waals surface area (Å²) in [4.78, 5) is 24.6. The fourth-order valence-electron chi connectivity index (χ4n) is 2.66. The smallest absolute Gasteiger partial charge is 0.340 e. The third-order valence-electron chi connectivity index (χ3n) is 3.90. The molecular formula is C19H17NO4. The zero-order valence-electron chi connectivity index (χ0n) is 13.5. The molecule has 0 saturated carbocycles. The first kappa shape index (κ1) is 15.8. The lowest BCUT2D eigenvalue weighted by Gasteiger charge is -2.05. The molecule has 3 aromatic rings. The first-order chi connectivity index (χ1) is 11.6. The third-order valence-corrected chi connectivity index (χ3v) is 3.90. The van der Waals surface area contributed by atoms with Crippen molar-refractivity contribution in [3.63, 3.8) is 0 Å². The summed E-state index contributed by atoms with van der Waals surface area (Å²) in [5.41, 5.74) is 1.95. The molecule has 0 saturated heterocycles. The van der Waals surface area contributed by atoms with E-state index < -0.39 is 5.97 Å². The Balaban J connectivity index is 1.95. The molecule has 0 unspecified atom stereocenters. The molecule has 0 amide bonds. The van der Waals surface area contributed by atoms with Crippen LogP contribution in [0, 0.1) is 0 Å². The van der Waals surface area contributed by atoms with Gasteiger partial charge in [0.15, 0.2) is 0 Å². The predicted octanol–water partition coefficient (Wildman–Crippen LogP) is 3.32. The van der Waals surface area contributed by atoms with Gasteiger partial charge in [-0.3, -0.25) is 9.36 Å². The first-order valence-electron chi connectivity index (χ1n) is 7.48. The topological polar surface area (TPSA) is 57.5 Å². The lowest BCUT2D eigenvalue weighted by atomic mass is 10.1. The third kappa shape index (κ3) is 2.88. The van der Waals surface area contributed by atoms with E-state index in [9.17, 15) is 9.59 Å². The van der Waals surface area contributed by atoms with Gasteiger partial charge in [-0.1, -0.05) is 30.3 Å². The molecule has 3 rings (SSSR count). The molecule has 0 N–H and O–H groups in total. The van der Waals surface area contributed by atoms with Crippen LogP contribution >= 0.6 is 0 Å². The number of esters is 1. The van der Waals surface area contributed by atoms with Gasteiger partial charge in [-0.15, -0.1) is 0 Å². The highest BCUT2D eigenvalue weighted by atomic mass is 16.5. The average molecular weight is 323 g/mol. The van der Waals surface area contributed by atoms with E-state index in [4.69, 9.17) is 9.47 Å². The van der Waals surface area contributed by atoms with Crippen molar-refractivity contribution in [3.8, 4) is 5.75 Å². The normalized spacial score (nSPS) is 10.6. The van der Waals surface area contributed by atoms with E-state index in [-0.39, 0.29) is 12.3 Å². The Labute approximate surface area is 139 Å². The summed E-state index contributed by atoms with van der Waals surface area (Å²) in [6.45, 7) is 0. The van der Waals surface area contributed by atoms with Crippen LogP contribution in [-0.4, -0.2) is 30.7 Å². The largest absolute Gasteiger partial charge is 0.497 e. The minimum atomic E-state index is -0.456. The number of carbonyl (C=O) groups is 2. The van der Waals surface area contributed by atoms with E-state index in [1.165, 1.54) is 11.7 Å². The Hall–Kier alpha value is -3.08. The van der Waals surface area contributed by atoms with Crippen molar-refractivity contribution in [1.82, 2.24) is 4.57 Å². The van der Waals surface area contributed by atoms with Gasteiger partial charge in [-0.2, -0.15) is 0 Å². The van der Waals surface area contributed by atoms with E-state index in [1.807, 2.05) is 42.5 Å². The number of aromatic nitrogens is 1. The van der Waals surface area contributed by atoms with E-state index in [0.29, 0.717) is 16.5 Å².